The second kappa shape index (κ2) is 3.47. The number of ether oxygens (including phenoxy) is 2. The Bertz CT molecular complexity index is 378. The van der Waals surface area contributed by atoms with E-state index in [1.54, 1.807) is 0 Å². The summed E-state index contributed by atoms with van der Waals surface area (Å²) in [5.74, 6) is -0.213. The first kappa shape index (κ1) is 11.1. The van der Waals surface area contributed by atoms with E-state index in [0.717, 1.165) is 19.3 Å². The molecule has 3 bridgehead atoms. The monoisotopic (exact) mass is 238 g/mol. The summed E-state index contributed by atoms with van der Waals surface area (Å²) in [5, 5.41) is 0. The number of hydrogen-bond donors (Lipinski definition) is 0. The third kappa shape index (κ3) is 1.49. The third-order valence-electron chi connectivity index (χ3n) is 4.64. The summed E-state index contributed by atoms with van der Waals surface area (Å²) in [6.07, 6.45) is 3.16. The van der Waals surface area contributed by atoms with Crippen molar-refractivity contribution in [3.63, 3.8) is 0 Å². The Kier molecular flexibility index (Phi) is 2.25. The molecular weight excluding hydrogens is 220 g/mol. The molecule has 4 heteroatoms. The normalized spacial score (nSPS) is 43.6. The van der Waals surface area contributed by atoms with E-state index in [4.69, 9.17) is 9.47 Å². The summed E-state index contributed by atoms with van der Waals surface area (Å²) < 4.78 is 10.8. The number of carbonyl (C=O) groups is 2. The molecule has 0 aromatic rings. The zero-order valence-corrected chi connectivity index (χ0v) is 10.3. The highest BCUT2D eigenvalue weighted by atomic mass is 16.6. The summed E-state index contributed by atoms with van der Waals surface area (Å²) in [4.78, 5) is 23.6. The highest BCUT2D eigenvalue weighted by Crippen LogP contribution is 2.61. The Morgan fingerprint density at radius 2 is 2.29 bits per heavy atom. The fourth-order valence-electron chi connectivity index (χ4n) is 3.65. The second-order valence-corrected chi connectivity index (χ2v) is 5.75. The average Bonchev–Trinajstić information content (AvgIpc) is 2.90. The van der Waals surface area contributed by atoms with Crippen molar-refractivity contribution in [1.29, 1.82) is 0 Å². The van der Waals surface area contributed by atoms with Crippen LogP contribution in [0, 0.1) is 17.8 Å². The van der Waals surface area contributed by atoms with Gasteiger partial charge in [-0.1, -0.05) is 6.92 Å². The van der Waals surface area contributed by atoms with Gasteiger partial charge in [0.05, 0.1) is 17.9 Å². The SMILES string of the molecule is CCC(C)OC(=O)C1CC23CC(C(=O)O2)C1C3. The molecule has 5 unspecified atom stereocenters. The summed E-state index contributed by atoms with van der Waals surface area (Å²) in [6, 6.07) is 0. The molecule has 5 atom stereocenters. The molecule has 3 aliphatic rings. The highest BCUT2D eigenvalue weighted by Gasteiger charge is 2.67. The molecule has 0 aromatic carbocycles. The maximum Gasteiger partial charge on any atom is 0.309 e. The van der Waals surface area contributed by atoms with Crippen LogP contribution in [0.25, 0.3) is 0 Å². The van der Waals surface area contributed by atoms with E-state index in [0.29, 0.717) is 6.42 Å². The van der Waals surface area contributed by atoms with E-state index in [2.05, 4.69) is 0 Å². The molecule has 2 aliphatic carbocycles. The first-order chi connectivity index (χ1) is 8.04. The van der Waals surface area contributed by atoms with Gasteiger partial charge in [0.1, 0.15) is 5.60 Å². The largest absolute Gasteiger partial charge is 0.462 e. The Balaban J connectivity index is 1.72. The van der Waals surface area contributed by atoms with Gasteiger partial charge in [0.15, 0.2) is 0 Å². The molecule has 0 N–H and O–H groups in total. The van der Waals surface area contributed by atoms with Crippen LogP contribution in [-0.2, 0) is 19.1 Å². The van der Waals surface area contributed by atoms with Crippen LogP contribution in [0.5, 0.6) is 0 Å². The zero-order valence-electron chi connectivity index (χ0n) is 10.3. The third-order valence-corrected chi connectivity index (χ3v) is 4.64. The molecule has 0 radical (unpaired) electrons. The minimum absolute atomic E-state index is 0.0339. The molecule has 0 aromatic heterocycles. The van der Waals surface area contributed by atoms with Gasteiger partial charge in [-0.3, -0.25) is 9.59 Å². The maximum atomic E-state index is 12.0. The fraction of sp³-hybridized carbons (Fsp3) is 0.846. The van der Waals surface area contributed by atoms with Crippen molar-refractivity contribution in [2.45, 2.75) is 51.2 Å². The molecule has 1 spiro atoms. The van der Waals surface area contributed by atoms with Gasteiger partial charge in [-0.2, -0.15) is 0 Å². The second-order valence-electron chi connectivity index (χ2n) is 5.75. The molecule has 4 nitrogen and oxygen atoms in total. The van der Waals surface area contributed by atoms with Crippen molar-refractivity contribution in [1.82, 2.24) is 0 Å². The number of rotatable bonds is 3. The van der Waals surface area contributed by atoms with E-state index >= 15 is 0 Å². The number of esters is 2. The van der Waals surface area contributed by atoms with Gasteiger partial charge in [0.25, 0.3) is 0 Å². The van der Waals surface area contributed by atoms with Crippen molar-refractivity contribution in [3.8, 4) is 0 Å². The van der Waals surface area contributed by atoms with Crippen LogP contribution < -0.4 is 0 Å². The molecule has 3 rings (SSSR count). The predicted octanol–water partition coefficient (Wildman–Crippen LogP) is 1.67. The van der Waals surface area contributed by atoms with E-state index in [1.165, 1.54) is 0 Å². The molecule has 1 aliphatic heterocycles. The lowest BCUT2D eigenvalue weighted by Gasteiger charge is -2.23. The van der Waals surface area contributed by atoms with Gasteiger partial charge >= 0.3 is 11.9 Å². The Morgan fingerprint density at radius 1 is 1.53 bits per heavy atom. The number of fused-ring (bicyclic) bond motifs is 3. The Hall–Kier alpha value is -1.06. The van der Waals surface area contributed by atoms with Crippen molar-refractivity contribution in [2.24, 2.45) is 17.8 Å². The van der Waals surface area contributed by atoms with Crippen LogP contribution in [-0.4, -0.2) is 23.6 Å². The van der Waals surface area contributed by atoms with E-state index < -0.39 is 0 Å². The Morgan fingerprint density at radius 3 is 2.94 bits per heavy atom. The van der Waals surface area contributed by atoms with Crippen LogP contribution in [0.3, 0.4) is 0 Å². The first-order valence-corrected chi connectivity index (χ1v) is 6.48. The molecule has 0 amide bonds. The average molecular weight is 238 g/mol. The predicted molar refractivity (Wildman–Crippen MR) is 59.0 cm³/mol. The molecule has 3 fully saturated rings. The number of carbonyl (C=O) groups excluding carboxylic acids is 2. The lowest BCUT2D eigenvalue weighted by atomic mass is 9.81. The minimum Gasteiger partial charge on any atom is -0.462 e. The summed E-state index contributed by atoms with van der Waals surface area (Å²) in [5.41, 5.74) is -0.314. The standard InChI is InChI=1S/C13H18O4/c1-3-7(2)16-11(14)9-5-13-4-8(9)10(6-13)12(15)17-13/h7-10H,3-6H2,1-2H3. The van der Waals surface area contributed by atoms with Crippen molar-refractivity contribution >= 4 is 11.9 Å². The summed E-state index contributed by atoms with van der Waals surface area (Å²) >= 11 is 0. The van der Waals surface area contributed by atoms with Crippen molar-refractivity contribution in [3.05, 3.63) is 0 Å². The van der Waals surface area contributed by atoms with Crippen LogP contribution >= 0.6 is 0 Å². The van der Waals surface area contributed by atoms with E-state index in [1.807, 2.05) is 13.8 Å². The zero-order chi connectivity index (χ0) is 12.2. The van der Waals surface area contributed by atoms with Gasteiger partial charge in [0, 0.05) is 12.8 Å². The van der Waals surface area contributed by atoms with E-state index in [9.17, 15) is 9.59 Å². The molecule has 94 valence electrons. The highest BCUT2D eigenvalue weighted by molar-refractivity contribution is 5.82. The van der Waals surface area contributed by atoms with Crippen LogP contribution in [0.4, 0.5) is 0 Å². The lowest BCUT2D eigenvalue weighted by molar-refractivity contribution is -0.155. The first-order valence-electron chi connectivity index (χ1n) is 6.48. The van der Waals surface area contributed by atoms with Gasteiger partial charge in [-0.15, -0.1) is 0 Å². The molecule has 17 heavy (non-hydrogen) atoms. The van der Waals surface area contributed by atoms with Gasteiger partial charge < -0.3 is 9.47 Å². The minimum atomic E-state index is -0.314. The smallest absolute Gasteiger partial charge is 0.309 e. The molecule has 2 saturated carbocycles. The maximum absolute atomic E-state index is 12.0. The van der Waals surface area contributed by atoms with Crippen molar-refractivity contribution in [2.75, 3.05) is 0 Å². The Labute approximate surface area is 101 Å². The number of hydrogen-bond acceptors (Lipinski definition) is 4. The summed E-state index contributed by atoms with van der Waals surface area (Å²) in [6.45, 7) is 3.90. The van der Waals surface area contributed by atoms with Gasteiger partial charge in [0.2, 0.25) is 0 Å². The van der Waals surface area contributed by atoms with Crippen LogP contribution in [0.15, 0.2) is 0 Å². The van der Waals surface area contributed by atoms with Crippen LogP contribution in [0.1, 0.15) is 39.5 Å². The van der Waals surface area contributed by atoms with E-state index in [-0.39, 0.29) is 41.4 Å². The topological polar surface area (TPSA) is 52.6 Å². The van der Waals surface area contributed by atoms with Crippen LogP contribution in [0.2, 0.25) is 0 Å². The molecule has 1 saturated heterocycles. The molecule has 1 heterocycles. The van der Waals surface area contributed by atoms with Gasteiger partial charge in [-0.05, 0) is 25.7 Å². The van der Waals surface area contributed by atoms with Crippen molar-refractivity contribution < 1.29 is 19.1 Å². The summed E-state index contributed by atoms with van der Waals surface area (Å²) in [7, 11) is 0. The molecular formula is C13H18O4. The lowest BCUT2D eigenvalue weighted by Crippen LogP contribution is -2.31. The quantitative estimate of drug-likeness (QED) is 0.702. The van der Waals surface area contributed by atoms with Gasteiger partial charge in [-0.25, -0.2) is 0 Å². The fourth-order valence-corrected chi connectivity index (χ4v) is 3.65.